The van der Waals surface area contributed by atoms with Gasteiger partial charge in [-0.1, -0.05) is 6.92 Å². The van der Waals surface area contributed by atoms with Crippen LogP contribution < -0.4 is 4.73 Å². The number of hydrogen-bond acceptors (Lipinski definition) is 1. The Morgan fingerprint density at radius 2 is 2.20 bits per heavy atom. The lowest BCUT2D eigenvalue weighted by atomic mass is 10.2. The number of rotatable bonds is 1. The predicted octanol–water partition coefficient (Wildman–Crippen LogP) is 1.08. The quantitative estimate of drug-likeness (QED) is 0.455. The molecule has 1 aromatic heterocycles. The number of pyridine rings is 1. The van der Waals surface area contributed by atoms with Gasteiger partial charge < -0.3 is 0 Å². The molecule has 0 aliphatic carbocycles. The number of aromatic nitrogens is 1. The van der Waals surface area contributed by atoms with Crippen molar-refractivity contribution in [2.75, 3.05) is 0 Å². The first kappa shape index (κ1) is 7.06. The molecule has 10 heavy (non-hydrogen) atoms. The van der Waals surface area contributed by atoms with Crippen molar-refractivity contribution in [3.8, 4) is 0 Å². The van der Waals surface area contributed by atoms with E-state index >= 15 is 0 Å². The monoisotopic (exact) mass is 138 g/mol. The van der Waals surface area contributed by atoms with Crippen molar-refractivity contribution in [2.24, 2.45) is 0 Å². The molecular formula is C8H12NO+. The summed E-state index contributed by atoms with van der Waals surface area (Å²) >= 11 is 0. The van der Waals surface area contributed by atoms with E-state index in [0.29, 0.717) is 0 Å². The molecule has 0 aliphatic heterocycles. The van der Waals surface area contributed by atoms with Crippen LogP contribution in [0.25, 0.3) is 0 Å². The topological polar surface area (TPSA) is 24.1 Å². The van der Waals surface area contributed by atoms with Crippen molar-refractivity contribution in [2.45, 2.75) is 20.3 Å². The Morgan fingerprint density at radius 1 is 1.50 bits per heavy atom. The summed E-state index contributed by atoms with van der Waals surface area (Å²) in [7, 11) is 0. The highest BCUT2D eigenvalue weighted by atomic mass is 16.5. The van der Waals surface area contributed by atoms with Crippen molar-refractivity contribution < 1.29 is 9.94 Å². The van der Waals surface area contributed by atoms with E-state index in [1.54, 1.807) is 0 Å². The molecule has 0 aromatic carbocycles. The second-order valence-electron chi connectivity index (χ2n) is 2.32. The molecule has 0 aliphatic rings. The van der Waals surface area contributed by atoms with Crippen molar-refractivity contribution in [1.82, 2.24) is 0 Å². The molecular weight excluding hydrogens is 126 g/mol. The van der Waals surface area contributed by atoms with Crippen LogP contribution in [-0.4, -0.2) is 5.21 Å². The normalized spacial score (nSPS) is 9.80. The predicted molar refractivity (Wildman–Crippen MR) is 37.9 cm³/mol. The molecule has 0 saturated heterocycles. The molecule has 0 bridgehead atoms. The lowest BCUT2D eigenvalue weighted by molar-refractivity contribution is -0.913. The molecule has 0 amide bonds. The zero-order chi connectivity index (χ0) is 7.56. The maximum atomic E-state index is 9.31. The summed E-state index contributed by atoms with van der Waals surface area (Å²) in [5, 5.41) is 9.31. The van der Waals surface area contributed by atoms with Crippen molar-refractivity contribution >= 4 is 0 Å². The summed E-state index contributed by atoms with van der Waals surface area (Å²) in [4.78, 5) is 0. The summed E-state index contributed by atoms with van der Waals surface area (Å²) < 4.78 is 1.22. The molecule has 0 fully saturated rings. The Bertz CT molecular complexity index is 233. The van der Waals surface area contributed by atoms with E-state index < -0.39 is 0 Å². The van der Waals surface area contributed by atoms with Crippen LogP contribution in [0.2, 0.25) is 0 Å². The van der Waals surface area contributed by atoms with Gasteiger partial charge in [-0.05, 0) is 6.07 Å². The minimum Gasteiger partial charge on any atom is -0.285 e. The fraction of sp³-hybridized carbons (Fsp3) is 0.375. The molecule has 0 atom stereocenters. The van der Waals surface area contributed by atoms with Gasteiger partial charge in [0, 0.05) is 30.2 Å². The first-order chi connectivity index (χ1) is 4.75. The molecule has 0 spiro atoms. The second-order valence-corrected chi connectivity index (χ2v) is 2.32. The van der Waals surface area contributed by atoms with E-state index in [-0.39, 0.29) is 0 Å². The molecule has 0 saturated carbocycles. The minimum absolute atomic E-state index is 0.859. The molecule has 0 unspecified atom stereocenters. The molecule has 0 radical (unpaired) electrons. The van der Waals surface area contributed by atoms with Crippen LogP contribution >= 0.6 is 0 Å². The largest absolute Gasteiger partial charge is 0.285 e. The van der Waals surface area contributed by atoms with Crippen molar-refractivity contribution in [3.63, 3.8) is 0 Å². The maximum Gasteiger partial charge on any atom is 0.234 e. The van der Waals surface area contributed by atoms with Gasteiger partial charge in [-0.2, -0.15) is 0 Å². The molecule has 1 N–H and O–H groups in total. The minimum atomic E-state index is 0.859. The van der Waals surface area contributed by atoms with Crippen LogP contribution in [0.3, 0.4) is 0 Å². The smallest absolute Gasteiger partial charge is 0.234 e. The van der Waals surface area contributed by atoms with E-state index in [1.165, 1.54) is 4.73 Å². The Labute approximate surface area is 60.7 Å². The van der Waals surface area contributed by atoms with E-state index in [0.717, 1.165) is 17.8 Å². The van der Waals surface area contributed by atoms with Gasteiger partial charge in [0.15, 0.2) is 0 Å². The van der Waals surface area contributed by atoms with E-state index in [9.17, 15) is 5.21 Å². The number of hydrogen-bond donors (Lipinski definition) is 1. The fourth-order valence-electron chi connectivity index (χ4n) is 0.934. The molecule has 2 nitrogen and oxygen atoms in total. The van der Waals surface area contributed by atoms with Gasteiger partial charge in [0.05, 0.1) is 0 Å². The van der Waals surface area contributed by atoms with E-state index in [2.05, 4.69) is 0 Å². The van der Waals surface area contributed by atoms with Crippen LogP contribution in [0.15, 0.2) is 18.2 Å². The molecule has 54 valence electrons. The van der Waals surface area contributed by atoms with Crippen LogP contribution in [0.5, 0.6) is 0 Å². The third-order valence-corrected chi connectivity index (χ3v) is 1.59. The standard InChI is InChI=1S/C8H12NO/c1-3-8-6-4-5-7(2)9(8)10/h4-6,10H,3H2,1-2H3/q+1. The van der Waals surface area contributed by atoms with Crippen LogP contribution in [0, 0.1) is 6.92 Å². The number of aryl methyl sites for hydroxylation is 2. The lowest BCUT2D eigenvalue weighted by Gasteiger charge is -1.93. The Kier molecular flexibility index (Phi) is 1.90. The highest BCUT2D eigenvalue weighted by Gasteiger charge is 2.08. The average molecular weight is 138 g/mol. The highest BCUT2D eigenvalue weighted by Crippen LogP contribution is 1.94. The second kappa shape index (κ2) is 2.69. The molecule has 1 aromatic rings. The van der Waals surface area contributed by atoms with Gasteiger partial charge in [0.25, 0.3) is 0 Å². The maximum absolute atomic E-state index is 9.31. The lowest BCUT2D eigenvalue weighted by Crippen LogP contribution is -2.37. The summed E-state index contributed by atoms with van der Waals surface area (Å²) in [5.74, 6) is 0. The summed E-state index contributed by atoms with van der Waals surface area (Å²) in [6.07, 6.45) is 0.859. The zero-order valence-electron chi connectivity index (χ0n) is 6.33. The van der Waals surface area contributed by atoms with Gasteiger partial charge in [-0.15, -0.1) is 0 Å². The Hall–Kier alpha value is -1.05. The van der Waals surface area contributed by atoms with Gasteiger partial charge in [-0.3, -0.25) is 5.21 Å². The van der Waals surface area contributed by atoms with Crippen LogP contribution in [0.1, 0.15) is 18.3 Å². The third-order valence-electron chi connectivity index (χ3n) is 1.59. The van der Waals surface area contributed by atoms with E-state index in [4.69, 9.17) is 0 Å². The Balaban J connectivity index is 3.14. The molecule has 1 rings (SSSR count). The van der Waals surface area contributed by atoms with Crippen molar-refractivity contribution in [1.29, 1.82) is 0 Å². The van der Waals surface area contributed by atoms with E-state index in [1.807, 2.05) is 32.0 Å². The fourth-order valence-corrected chi connectivity index (χ4v) is 0.934. The summed E-state index contributed by atoms with van der Waals surface area (Å²) in [6.45, 7) is 3.89. The van der Waals surface area contributed by atoms with Gasteiger partial charge >= 0.3 is 0 Å². The van der Waals surface area contributed by atoms with Crippen molar-refractivity contribution in [3.05, 3.63) is 29.6 Å². The molecule has 1 heterocycles. The van der Waals surface area contributed by atoms with Gasteiger partial charge in [-0.25, -0.2) is 0 Å². The van der Waals surface area contributed by atoms with Gasteiger partial charge in [0.2, 0.25) is 11.4 Å². The Morgan fingerprint density at radius 3 is 2.70 bits per heavy atom. The SMILES string of the molecule is CCc1cccc(C)[n+]1O. The highest BCUT2D eigenvalue weighted by molar-refractivity contribution is 5.01. The summed E-state index contributed by atoms with van der Waals surface area (Å²) in [6, 6.07) is 5.73. The third kappa shape index (κ3) is 1.10. The number of nitrogens with zero attached hydrogens (tertiary/aromatic N) is 1. The zero-order valence-corrected chi connectivity index (χ0v) is 6.33. The molecule has 2 heteroatoms. The average Bonchev–Trinajstić information content (AvgIpc) is 1.95. The van der Waals surface area contributed by atoms with Gasteiger partial charge in [0.1, 0.15) is 0 Å². The first-order valence-electron chi connectivity index (χ1n) is 3.45. The first-order valence-corrected chi connectivity index (χ1v) is 3.45. The van der Waals surface area contributed by atoms with Crippen LogP contribution in [-0.2, 0) is 6.42 Å². The van der Waals surface area contributed by atoms with Crippen LogP contribution in [0.4, 0.5) is 0 Å². The summed E-state index contributed by atoms with van der Waals surface area (Å²) in [5.41, 5.74) is 1.82.